The summed E-state index contributed by atoms with van der Waals surface area (Å²) in [4.78, 5) is 4.89. The molecule has 1 aliphatic rings. The van der Waals surface area contributed by atoms with Crippen molar-refractivity contribution in [3.05, 3.63) is 42.0 Å². The maximum absolute atomic E-state index is 11.4. The summed E-state index contributed by atoms with van der Waals surface area (Å²) in [5.74, 6) is 0.795. The molecular weight excluding hydrogens is 425 g/mol. The normalized spacial score (nSPS) is 15.3. The van der Waals surface area contributed by atoms with Crippen LogP contribution in [0.1, 0.15) is 25.3 Å². The first-order valence-electron chi connectivity index (χ1n) is 7.48. The molecule has 0 atom stereocenters. The van der Waals surface area contributed by atoms with E-state index < -0.39 is 9.84 Å². The monoisotopic (exact) mass is 449 g/mol. The number of aliphatic imine (C=N–C) groups is 1. The van der Waals surface area contributed by atoms with Gasteiger partial charge in [0.15, 0.2) is 15.8 Å². The van der Waals surface area contributed by atoms with Crippen molar-refractivity contribution in [2.75, 3.05) is 12.8 Å². The van der Waals surface area contributed by atoms with Crippen LogP contribution >= 0.6 is 24.0 Å². The van der Waals surface area contributed by atoms with Gasteiger partial charge in [-0.1, -0.05) is 24.3 Å². The van der Waals surface area contributed by atoms with Gasteiger partial charge in [-0.05, 0) is 37.5 Å². The molecule has 128 valence electrons. The van der Waals surface area contributed by atoms with Gasteiger partial charge in [0.1, 0.15) is 0 Å². The molecule has 0 bridgehead atoms. The van der Waals surface area contributed by atoms with E-state index in [2.05, 4.69) is 27.8 Å². The van der Waals surface area contributed by atoms with Crippen molar-refractivity contribution in [2.45, 2.75) is 37.2 Å². The Labute approximate surface area is 155 Å². The van der Waals surface area contributed by atoms with Gasteiger partial charge in [0.25, 0.3) is 0 Å². The zero-order valence-corrected chi connectivity index (χ0v) is 16.6. The second kappa shape index (κ2) is 9.27. The fraction of sp³-hybridized carbons (Fsp3) is 0.438. The number of nitrogens with zero attached hydrogens (tertiary/aromatic N) is 1. The van der Waals surface area contributed by atoms with Crippen molar-refractivity contribution in [3.63, 3.8) is 0 Å². The summed E-state index contributed by atoms with van der Waals surface area (Å²) in [5.41, 5.74) is 0.981. The molecule has 0 heterocycles. The first-order chi connectivity index (χ1) is 10.5. The lowest BCUT2D eigenvalue weighted by atomic mass is 10.2. The van der Waals surface area contributed by atoms with Gasteiger partial charge >= 0.3 is 0 Å². The first-order valence-corrected chi connectivity index (χ1v) is 9.37. The average molecular weight is 449 g/mol. The highest BCUT2D eigenvalue weighted by molar-refractivity contribution is 14.0. The molecule has 2 N–H and O–H groups in total. The van der Waals surface area contributed by atoms with E-state index in [4.69, 9.17) is 0 Å². The predicted molar refractivity (Wildman–Crippen MR) is 105 cm³/mol. The number of guanidine groups is 1. The van der Waals surface area contributed by atoms with Crippen molar-refractivity contribution < 1.29 is 8.42 Å². The Balaban J connectivity index is 0.00000264. The van der Waals surface area contributed by atoms with E-state index in [1.165, 1.54) is 6.26 Å². The van der Waals surface area contributed by atoms with Crippen LogP contribution in [0.3, 0.4) is 0 Å². The summed E-state index contributed by atoms with van der Waals surface area (Å²) >= 11 is 0. The highest BCUT2D eigenvalue weighted by Gasteiger charge is 2.11. The van der Waals surface area contributed by atoms with Crippen molar-refractivity contribution in [3.8, 4) is 0 Å². The molecule has 0 saturated carbocycles. The maximum atomic E-state index is 11.4. The zero-order valence-electron chi connectivity index (χ0n) is 13.5. The molecule has 1 aromatic carbocycles. The molecule has 5 nitrogen and oxygen atoms in total. The summed E-state index contributed by atoms with van der Waals surface area (Å²) in [6.07, 6.45) is 7.60. The van der Waals surface area contributed by atoms with Crippen LogP contribution in [0.4, 0.5) is 0 Å². The van der Waals surface area contributed by atoms with Crippen LogP contribution in [-0.4, -0.2) is 33.2 Å². The van der Waals surface area contributed by atoms with Crippen molar-refractivity contribution >= 4 is 39.8 Å². The summed E-state index contributed by atoms with van der Waals surface area (Å²) in [7, 11) is -3.14. The molecule has 1 aromatic rings. The number of rotatable bonds is 5. The Kier molecular flexibility index (Phi) is 8.04. The van der Waals surface area contributed by atoms with Gasteiger partial charge in [-0.2, -0.15) is 0 Å². The van der Waals surface area contributed by atoms with Crippen LogP contribution in [0.15, 0.2) is 46.3 Å². The van der Waals surface area contributed by atoms with E-state index in [9.17, 15) is 8.42 Å². The number of benzene rings is 1. The average Bonchev–Trinajstić information content (AvgIpc) is 2.97. The van der Waals surface area contributed by atoms with Crippen LogP contribution in [0.25, 0.3) is 0 Å². The SMILES string of the molecule is CCNC(=NCc1ccc(S(C)(=O)=O)cc1)NC1CC=CC1.I. The van der Waals surface area contributed by atoms with E-state index in [1.54, 1.807) is 24.3 Å². The molecule has 0 spiro atoms. The van der Waals surface area contributed by atoms with E-state index in [0.29, 0.717) is 17.5 Å². The number of hydrogen-bond acceptors (Lipinski definition) is 3. The third kappa shape index (κ3) is 6.50. The van der Waals surface area contributed by atoms with Crippen LogP contribution in [-0.2, 0) is 16.4 Å². The van der Waals surface area contributed by atoms with E-state index in [-0.39, 0.29) is 24.0 Å². The Morgan fingerprint density at radius 3 is 2.35 bits per heavy atom. The standard InChI is InChI=1S/C16H23N3O2S.HI/c1-3-17-16(19-14-6-4-5-7-14)18-12-13-8-10-15(11-9-13)22(2,20)21;/h4-5,8-11,14H,3,6-7,12H2,1-2H3,(H2,17,18,19);1H. The lowest BCUT2D eigenvalue weighted by molar-refractivity contribution is 0.602. The minimum atomic E-state index is -3.14. The van der Waals surface area contributed by atoms with E-state index in [1.807, 2.05) is 6.92 Å². The molecule has 2 rings (SSSR count). The topological polar surface area (TPSA) is 70.6 Å². The maximum Gasteiger partial charge on any atom is 0.191 e. The van der Waals surface area contributed by atoms with Gasteiger partial charge in [0.05, 0.1) is 11.4 Å². The van der Waals surface area contributed by atoms with Gasteiger partial charge in [0.2, 0.25) is 0 Å². The second-order valence-corrected chi connectivity index (χ2v) is 7.41. The largest absolute Gasteiger partial charge is 0.357 e. The summed E-state index contributed by atoms with van der Waals surface area (Å²) in [5, 5.41) is 6.63. The van der Waals surface area contributed by atoms with Crippen molar-refractivity contribution in [1.82, 2.24) is 10.6 Å². The molecule has 7 heteroatoms. The number of sulfone groups is 1. The molecular formula is C16H24IN3O2S. The van der Waals surface area contributed by atoms with E-state index >= 15 is 0 Å². The lowest BCUT2D eigenvalue weighted by Crippen LogP contribution is -2.42. The van der Waals surface area contributed by atoms with Gasteiger partial charge in [-0.25, -0.2) is 13.4 Å². The fourth-order valence-corrected chi connectivity index (χ4v) is 2.89. The van der Waals surface area contributed by atoms with Crippen LogP contribution in [0.2, 0.25) is 0 Å². The Bertz CT molecular complexity index is 646. The van der Waals surface area contributed by atoms with Crippen molar-refractivity contribution in [1.29, 1.82) is 0 Å². The molecule has 0 unspecified atom stereocenters. The minimum Gasteiger partial charge on any atom is -0.357 e. The smallest absolute Gasteiger partial charge is 0.191 e. The van der Waals surface area contributed by atoms with Gasteiger partial charge in [0, 0.05) is 18.8 Å². The lowest BCUT2D eigenvalue weighted by Gasteiger charge is -2.16. The predicted octanol–water partition coefficient (Wildman–Crippen LogP) is 2.48. The quantitative estimate of drug-likeness (QED) is 0.314. The van der Waals surface area contributed by atoms with E-state index in [0.717, 1.165) is 30.9 Å². The molecule has 0 aromatic heterocycles. The third-order valence-electron chi connectivity index (χ3n) is 3.46. The Morgan fingerprint density at radius 2 is 1.83 bits per heavy atom. The Morgan fingerprint density at radius 1 is 1.22 bits per heavy atom. The van der Waals surface area contributed by atoms with Gasteiger partial charge in [-0.3, -0.25) is 0 Å². The minimum absolute atomic E-state index is 0. The zero-order chi connectivity index (χ0) is 16.0. The van der Waals surface area contributed by atoms with Gasteiger partial charge in [-0.15, -0.1) is 24.0 Å². The summed E-state index contributed by atoms with van der Waals surface area (Å²) in [6.45, 7) is 3.35. The molecule has 0 fully saturated rings. The number of halogens is 1. The first kappa shape index (κ1) is 20.0. The van der Waals surface area contributed by atoms with Crippen molar-refractivity contribution in [2.24, 2.45) is 4.99 Å². The molecule has 0 radical (unpaired) electrons. The highest BCUT2D eigenvalue weighted by Crippen LogP contribution is 2.11. The third-order valence-corrected chi connectivity index (χ3v) is 4.59. The summed E-state index contributed by atoms with van der Waals surface area (Å²) in [6, 6.07) is 7.27. The molecule has 1 aliphatic carbocycles. The highest BCUT2D eigenvalue weighted by atomic mass is 127. The van der Waals surface area contributed by atoms with Crippen LogP contribution in [0, 0.1) is 0 Å². The molecule has 23 heavy (non-hydrogen) atoms. The van der Waals surface area contributed by atoms with Crippen LogP contribution < -0.4 is 10.6 Å². The Hall–Kier alpha value is -1.09. The number of nitrogens with one attached hydrogen (secondary N) is 2. The molecule has 0 amide bonds. The summed E-state index contributed by atoms with van der Waals surface area (Å²) < 4.78 is 22.9. The fourth-order valence-electron chi connectivity index (χ4n) is 2.26. The number of hydrogen-bond donors (Lipinski definition) is 2. The molecule has 0 saturated heterocycles. The second-order valence-electron chi connectivity index (χ2n) is 5.40. The van der Waals surface area contributed by atoms with Gasteiger partial charge < -0.3 is 10.6 Å². The molecule has 0 aliphatic heterocycles. The van der Waals surface area contributed by atoms with Crippen LogP contribution in [0.5, 0.6) is 0 Å².